The normalized spacial score (nSPS) is 44.3. The third kappa shape index (κ3) is 1.74. The molecular formula is C13H21NO. The van der Waals surface area contributed by atoms with E-state index in [4.69, 9.17) is 0 Å². The van der Waals surface area contributed by atoms with E-state index in [1.54, 1.807) is 0 Å². The van der Waals surface area contributed by atoms with Crippen LogP contribution in [0.2, 0.25) is 0 Å². The van der Waals surface area contributed by atoms with Crippen molar-refractivity contribution in [3.63, 3.8) is 0 Å². The lowest BCUT2D eigenvalue weighted by Crippen LogP contribution is -2.37. The fourth-order valence-corrected chi connectivity index (χ4v) is 3.75. The van der Waals surface area contributed by atoms with Gasteiger partial charge in [0.05, 0.1) is 6.61 Å². The van der Waals surface area contributed by atoms with Gasteiger partial charge in [0.25, 0.3) is 0 Å². The second-order valence-electron chi connectivity index (χ2n) is 5.51. The monoisotopic (exact) mass is 207 g/mol. The molecule has 2 fully saturated rings. The minimum Gasteiger partial charge on any atom is -0.395 e. The number of likely N-dealkylation sites (tertiary alicyclic amines) is 1. The van der Waals surface area contributed by atoms with Gasteiger partial charge >= 0.3 is 0 Å². The first-order valence-corrected chi connectivity index (χ1v) is 6.40. The molecule has 84 valence electrons. The van der Waals surface area contributed by atoms with Crippen molar-refractivity contribution in [2.45, 2.75) is 31.7 Å². The lowest BCUT2D eigenvalue weighted by Gasteiger charge is -2.28. The zero-order valence-corrected chi connectivity index (χ0v) is 9.31. The highest BCUT2D eigenvalue weighted by Crippen LogP contribution is 2.44. The van der Waals surface area contributed by atoms with Crippen LogP contribution in [0.1, 0.15) is 25.7 Å². The van der Waals surface area contributed by atoms with Gasteiger partial charge in [0.2, 0.25) is 0 Å². The summed E-state index contributed by atoms with van der Waals surface area (Å²) in [6.45, 7) is 2.80. The number of nitrogens with zero attached hydrogens (tertiary/aromatic N) is 1. The Labute approximate surface area is 92.0 Å². The molecule has 0 aromatic rings. The Morgan fingerprint density at radius 3 is 2.87 bits per heavy atom. The summed E-state index contributed by atoms with van der Waals surface area (Å²) in [6, 6.07) is 0.466. The first kappa shape index (κ1) is 9.86. The minimum atomic E-state index is 0.358. The first-order valence-electron chi connectivity index (χ1n) is 6.40. The average Bonchev–Trinajstić information content (AvgIpc) is 2.92. The van der Waals surface area contributed by atoms with Gasteiger partial charge in [-0.15, -0.1) is 0 Å². The Bertz CT molecular complexity index is 263. The van der Waals surface area contributed by atoms with Crippen LogP contribution in [0.15, 0.2) is 12.2 Å². The second kappa shape index (κ2) is 3.91. The fourth-order valence-electron chi connectivity index (χ4n) is 3.75. The van der Waals surface area contributed by atoms with Gasteiger partial charge in [0, 0.05) is 12.6 Å². The quantitative estimate of drug-likeness (QED) is 0.711. The predicted octanol–water partition coefficient (Wildman–Crippen LogP) is 1.66. The maximum Gasteiger partial charge on any atom is 0.0586 e. The Morgan fingerprint density at radius 1 is 1.27 bits per heavy atom. The van der Waals surface area contributed by atoms with Crippen LogP contribution in [0, 0.1) is 17.8 Å². The zero-order valence-electron chi connectivity index (χ0n) is 9.31. The summed E-state index contributed by atoms with van der Waals surface area (Å²) in [7, 11) is 0. The summed E-state index contributed by atoms with van der Waals surface area (Å²) in [4.78, 5) is 2.53. The molecule has 0 spiro atoms. The van der Waals surface area contributed by atoms with Crippen LogP contribution in [0.3, 0.4) is 0 Å². The van der Waals surface area contributed by atoms with Crippen molar-refractivity contribution in [3.8, 4) is 0 Å². The summed E-state index contributed by atoms with van der Waals surface area (Å²) in [5.41, 5.74) is 0. The van der Waals surface area contributed by atoms with Crippen LogP contribution >= 0.6 is 0 Å². The molecule has 1 saturated heterocycles. The van der Waals surface area contributed by atoms with E-state index in [0.717, 1.165) is 17.8 Å². The Hall–Kier alpha value is -0.340. The van der Waals surface area contributed by atoms with E-state index in [9.17, 15) is 5.11 Å². The molecule has 1 saturated carbocycles. The summed E-state index contributed by atoms with van der Waals surface area (Å²) in [5.74, 6) is 2.62. The van der Waals surface area contributed by atoms with Crippen LogP contribution in [0.5, 0.6) is 0 Å². The molecule has 0 aromatic carbocycles. The van der Waals surface area contributed by atoms with Crippen molar-refractivity contribution < 1.29 is 5.11 Å². The van der Waals surface area contributed by atoms with Gasteiger partial charge in [-0.2, -0.15) is 0 Å². The van der Waals surface area contributed by atoms with Crippen LogP contribution in [-0.4, -0.2) is 35.7 Å². The smallest absolute Gasteiger partial charge is 0.0586 e. The van der Waals surface area contributed by atoms with E-state index in [-0.39, 0.29) is 0 Å². The van der Waals surface area contributed by atoms with Crippen molar-refractivity contribution in [1.29, 1.82) is 0 Å². The summed E-state index contributed by atoms with van der Waals surface area (Å²) >= 11 is 0. The molecule has 1 N–H and O–H groups in total. The van der Waals surface area contributed by atoms with Crippen LogP contribution in [0.25, 0.3) is 0 Å². The third-order valence-corrected chi connectivity index (χ3v) is 4.60. The zero-order chi connectivity index (χ0) is 10.3. The Kier molecular flexibility index (Phi) is 2.57. The third-order valence-electron chi connectivity index (χ3n) is 4.60. The number of hydrogen-bond acceptors (Lipinski definition) is 2. The molecule has 2 nitrogen and oxygen atoms in total. The van der Waals surface area contributed by atoms with Gasteiger partial charge in [0.15, 0.2) is 0 Å². The molecule has 3 unspecified atom stereocenters. The predicted molar refractivity (Wildman–Crippen MR) is 60.5 cm³/mol. The van der Waals surface area contributed by atoms with Crippen molar-refractivity contribution in [2.75, 3.05) is 19.7 Å². The van der Waals surface area contributed by atoms with Crippen molar-refractivity contribution >= 4 is 0 Å². The standard InChI is InChI=1S/C13H21NO/c15-9-13-2-1-5-14(13)8-12-7-10-3-4-11(12)6-10/h3-4,10-13,15H,1-2,5-9H2/t10?,11?,12?,13-/m1/s1. The molecule has 2 aliphatic carbocycles. The van der Waals surface area contributed by atoms with Crippen molar-refractivity contribution in [3.05, 3.63) is 12.2 Å². The molecule has 15 heavy (non-hydrogen) atoms. The Balaban J connectivity index is 1.59. The number of allylic oxidation sites excluding steroid dienone is 2. The highest BCUT2D eigenvalue weighted by molar-refractivity contribution is 5.10. The largest absolute Gasteiger partial charge is 0.395 e. The van der Waals surface area contributed by atoms with Gasteiger partial charge < -0.3 is 5.11 Å². The van der Waals surface area contributed by atoms with Gasteiger partial charge in [0.1, 0.15) is 0 Å². The number of hydrogen-bond donors (Lipinski definition) is 1. The maximum atomic E-state index is 9.29. The van der Waals surface area contributed by atoms with Crippen molar-refractivity contribution in [1.82, 2.24) is 4.90 Å². The van der Waals surface area contributed by atoms with Crippen LogP contribution < -0.4 is 0 Å². The molecule has 1 aliphatic heterocycles. The molecule has 4 atom stereocenters. The van der Waals surface area contributed by atoms with E-state index >= 15 is 0 Å². The highest BCUT2D eigenvalue weighted by Gasteiger charge is 2.37. The van der Waals surface area contributed by atoms with Gasteiger partial charge in [-0.1, -0.05) is 12.2 Å². The van der Waals surface area contributed by atoms with Gasteiger partial charge in [-0.25, -0.2) is 0 Å². The molecule has 3 rings (SSSR count). The second-order valence-corrected chi connectivity index (χ2v) is 5.51. The van der Waals surface area contributed by atoms with Gasteiger partial charge in [-0.05, 0) is 50.0 Å². The fraction of sp³-hybridized carbons (Fsp3) is 0.846. The lowest BCUT2D eigenvalue weighted by atomic mass is 9.93. The van der Waals surface area contributed by atoms with E-state index in [2.05, 4.69) is 17.1 Å². The van der Waals surface area contributed by atoms with E-state index in [1.807, 2.05) is 0 Å². The molecule has 0 aromatic heterocycles. The first-order chi connectivity index (χ1) is 7.36. The molecule has 2 heteroatoms. The number of rotatable bonds is 3. The number of aliphatic hydroxyl groups excluding tert-OH is 1. The highest BCUT2D eigenvalue weighted by atomic mass is 16.3. The van der Waals surface area contributed by atoms with E-state index in [0.29, 0.717) is 12.6 Å². The Morgan fingerprint density at radius 2 is 2.20 bits per heavy atom. The minimum absolute atomic E-state index is 0.358. The molecule has 0 amide bonds. The number of fused-ring (bicyclic) bond motifs is 2. The molecule has 2 bridgehead atoms. The molecular weight excluding hydrogens is 186 g/mol. The van der Waals surface area contributed by atoms with Gasteiger partial charge in [-0.3, -0.25) is 4.90 Å². The van der Waals surface area contributed by atoms with Crippen molar-refractivity contribution in [2.24, 2.45) is 17.8 Å². The SMILES string of the molecule is OC[C@H]1CCCN1CC1CC2C=CC1C2. The summed E-state index contributed by atoms with van der Waals surface area (Å²) in [6.07, 6.45) is 10.1. The summed E-state index contributed by atoms with van der Waals surface area (Å²) < 4.78 is 0. The maximum absolute atomic E-state index is 9.29. The van der Waals surface area contributed by atoms with E-state index in [1.165, 1.54) is 38.8 Å². The molecule has 0 radical (unpaired) electrons. The topological polar surface area (TPSA) is 23.5 Å². The summed E-state index contributed by atoms with van der Waals surface area (Å²) in [5, 5.41) is 9.29. The van der Waals surface area contributed by atoms with Crippen LogP contribution in [0.4, 0.5) is 0 Å². The van der Waals surface area contributed by atoms with E-state index < -0.39 is 0 Å². The number of aliphatic hydroxyl groups is 1. The molecule has 3 aliphatic rings. The van der Waals surface area contributed by atoms with Crippen LogP contribution in [-0.2, 0) is 0 Å². The molecule has 1 heterocycles. The lowest BCUT2D eigenvalue weighted by molar-refractivity contribution is 0.136. The average molecular weight is 207 g/mol.